The molecule has 5 heteroatoms. The summed E-state index contributed by atoms with van der Waals surface area (Å²) in [6, 6.07) is -0.231. The number of anilines is 1. The molecule has 0 radical (unpaired) electrons. The number of rotatable bonds is 4. The van der Waals surface area contributed by atoms with E-state index in [4.69, 9.17) is 0 Å². The van der Waals surface area contributed by atoms with Crippen LogP contribution in [0.1, 0.15) is 19.0 Å². The Balaban J connectivity index is 2.40. The molecule has 0 aliphatic rings. The Bertz CT molecular complexity index is 262. The highest BCUT2D eigenvalue weighted by molar-refractivity contribution is 7.13. The number of thiazole rings is 1. The van der Waals surface area contributed by atoms with Crippen molar-refractivity contribution in [2.75, 3.05) is 5.32 Å². The fourth-order valence-corrected chi connectivity index (χ4v) is 1.76. The lowest BCUT2D eigenvalue weighted by atomic mass is 10.2. The van der Waals surface area contributed by atoms with Gasteiger partial charge in [0.1, 0.15) is 0 Å². The summed E-state index contributed by atoms with van der Waals surface area (Å²) < 4.78 is 23.9. The molecule has 1 atom stereocenters. The average molecular weight is 206 g/mol. The third-order valence-corrected chi connectivity index (χ3v) is 2.41. The van der Waals surface area contributed by atoms with Gasteiger partial charge >= 0.3 is 0 Å². The maximum Gasteiger partial charge on any atom is 0.240 e. The van der Waals surface area contributed by atoms with Crippen LogP contribution in [0.15, 0.2) is 5.38 Å². The Morgan fingerprint density at radius 2 is 2.31 bits per heavy atom. The largest absolute Gasteiger partial charge is 0.359 e. The van der Waals surface area contributed by atoms with E-state index in [9.17, 15) is 8.78 Å². The fraction of sp³-hybridized carbons (Fsp3) is 0.625. The minimum atomic E-state index is -2.26. The molecule has 0 aromatic carbocycles. The van der Waals surface area contributed by atoms with Gasteiger partial charge in [-0.15, -0.1) is 11.3 Å². The molecule has 0 saturated heterocycles. The molecule has 0 saturated carbocycles. The molecule has 0 spiro atoms. The van der Waals surface area contributed by atoms with Gasteiger partial charge < -0.3 is 5.32 Å². The highest BCUT2D eigenvalue weighted by atomic mass is 32.1. The predicted octanol–water partition coefficient (Wildman–Crippen LogP) is 2.91. The van der Waals surface area contributed by atoms with Crippen LogP contribution in [0.4, 0.5) is 13.9 Å². The Morgan fingerprint density at radius 3 is 2.77 bits per heavy atom. The van der Waals surface area contributed by atoms with Gasteiger partial charge in [0.05, 0.1) is 5.69 Å². The summed E-state index contributed by atoms with van der Waals surface area (Å²) in [6.07, 6.45) is -2.40. The quantitative estimate of drug-likeness (QED) is 0.819. The first-order chi connectivity index (χ1) is 6.08. The normalized spacial score (nSPS) is 13.3. The molecule has 0 amide bonds. The van der Waals surface area contributed by atoms with E-state index >= 15 is 0 Å². The van der Waals surface area contributed by atoms with Crippen molar-refractivity contribution in [1.82, 2.24) is 4.98 Å². The van der Waals surface area contributed by atoms with Crippen LogP contribution in [0, 0.1) is 6.92 Å². The molecule has 0 aliphatic heterocycles. The molecule has 1 rings (SSSR count). The van der Waals surface area contributed by atoms with E-state index in [-0.39, 0.29) is 12.5 Å². The van der Waals surface area contributed by atoms with Crippen molar-refractivity contribution in [1.29, 1.82) is 0 Å². The van der Waals surface area contributed by atoms with Crippen molar-refractivity contribution in [3.8, 4) is 0 Å². The van der Waals surface area contributed by atoms with Gasteiger partial charge in [-0.3, -0.25) is 0 Å². The minimum absolute atomic E-state index is 0.140. The van der Waals surface area contributed by atoms with Crippen LogP contribution in [0.2, 0.25) is 0 Å². The number of nitrogens with one attached hydrogen (secondary N) is 1. The lowest BCUT2D eigenvalue weighted by Crippen LogP contribution is -2.18. The van der Waals surface area contributed by atoms with Crippen LogP contribution in [0.5, 0.6) is 0 Å². The Hall–Kier alpha value is -0.710. The van der Waals surface area contributed by atoms with Gasteiger partial charge in [-0.05, 0) is 13.8 Å². The summed E-state index contributed by atoms with van der Waals surface area (Å²) in [4.78, 5) is 4.12. The summed E-state index contributed by atoms with van der Waals surface area (Å²) in [6.45, 7) is 3.60. The van der Waals surface area contributed by atoms with Crippen molar-refractivity contribution in [3.05, 3.63) is 11.1 Å². The van der Waals surface area contributed by atoms with E-state index in [1.807, 2.05) is 12.3 Å². The van der Waals surface area contributed by atoms with Gasteiger partial charge in [0.15, 0.2) is 5.13 Å². The van der Waals surface area contributed by atoms with Crippen LogP contribution in [0.3, 0.4) is 0 Å². The second-order valence-electron chi connectivity index (χ2n) is 2.97. The van der Waals surface area contributed by atoms with Gasteiger partial charge in [0.2, 0.25) is 6.43 Å². The van der Waals surface area contributed by atoms with Crippen molar-refractivity contribution in [3.63, 3.8) is 0 Å². The maximum atomic E-state index is 11.9. The average Bonchev–Trinajstić information content (AvgIpc) is 2.33. The molecule has 0 fully saturated rings. The maximum absolute atomic E-state index is 11.9. The molecule has 1 aromatic heterocycles. The third-order valence-electron chi connectivity index (χ3n) is 1.52. The summed E-state index contributed by atoms with van der Waals surface area (Å²) in [7, 11) is 0. The van der Waals surface area contributed by atoms with Gasteiger partial charge in [-0.25, -0.2) is 13.8 Å². The molecule has 1 N–H and O–H groups in total. The molecular formula is C8H12F2N2S. The van der Waals surface area contributed by atoms with Gasteiger partial charge in [0, 0.05) is 17.8 Å². The molecular weight excluding hydrogens is 194 g/mol. The monoisotopic (exact) mass is 206 g/mol. The Labute approximate surface area is 80.0 Å². The van der Waals surface area contributed by atoms with Crippen LogP contribution < -0.4 is 5.32 Å². The van der Waals surface area contributed by atoms with Crippen LogP contribution in [-0.2, 0) is 0 Å². The number of hydrogen-bond donors (Lipinski definition) is 1. The van der Waals surface area contributed by atoms with Gasteiger partial charge in [-0.1, -0.05) is 0 Å². The molecule has 2 nitrogen and oxygen atoms in total. The van der Waals surface area contributed by atoms with Crippen molar-refractivity contribution >= 4 is 16.5 Å². The molecule has 1 aromatic rings. The molecule has 0 aliphatic carbocycles. The second kappa shape index (κ2) is 4.50. The van der Waals surface area contributed by atoms with Crippen LogP contribution in [-0.4, -0.2) is 17.5 Å². The first kappa shape index (κ1) is 10.4. The minimum Gasteiger partial charge on any atom is -0.359 e. The number of halogens is 2. The van der Waals surface area contributed by atoms with Crippen molar-refractivity contribution in [2.45, 2.75) is 32.7 Å². The van der Waals surface area contributed by atoms with Crippen LogP contribution in [0.25, 0.3) is 0 Å². The zero-order chi connectivity index (χ0) is 9.84. The molecule has 0 bridgehead atoms. The topological polar surface area (TPSA) is 24.9 Å². The number of hydrogen-bond acceptors (Lipinski definition) is 3. The van der Waals surface area contributed by atoms with E-state index < -0.39 is 6.43 Å². The van der Waals surface area contributed by atoms with Crippen molar-refractivity contribution in [2.24, 2.45) is 0 Å². The first-order valence-corrected chi connectivity index (χ1v) is 4.92. The Morgan fingerprint density at radius 1 is 1.62 bits per heavy atom. The molecule has 1 unspecified atom stereocenters. The molecule has 74 valence electrons. The predicted molar refractivity (Wildman–Crippen MR) is 50.6 cm³/mol. The molecule has 13 heavy (non-hydrogen) atoms. The third kappa shape index (κ3) is 3.67. The van der Waals surface area contributed by atoms with Gasteiger partial charge in [-0.2, -0.15) is 0 Å². The second-order valence-corrected chi connectivity index (χ2v) is 3.82. The smallest absolute Gasteiger partial charge is 0.240 e. The summed E-state index contributed by atoms with van der Waals surface area (Å²) >= 11 is 1.44. The summed E-state index contributed by atoms with van der Waals surface area (Å²) in [5.74, 6) is 0. The van der Waals surface area contributed by atoms with Gasteiger partial charge in [0.25, 0.3) is 0 Å². The number of aryl methyl sites for hydroxylation is 1. The highest BCUT2D eigenvalue weighted by Gasteiger charge is 2.10. The SMILES string of the molecule is Cc1csc(NC(C)CC(F)F)n1. The summed E-state index contributed by atoms with van der Waals surface area (Å²) in [5, 5.41) is 5.52. The lowest BCUT2D eigenvalue weighted by Gasteiger charge is -2.11. The van der Waals surface area contributed by atoms with Crippen LogP contribution >= 0.6 is 11.3 Å². The van der Waals surface area contributed by atoms with E-state index in [1.165, 1.54) is 11.3 Å². The number of alkyl halides is 2. The van der Waals surface area contributed by atoms with Crippen molar-refractivity contribution < 1.29 is 8.78 Å². The van der Waals surface area contributed by atoms with E-state index in [1.54, 1.807) is 6.92 Å². The van der Waals surface area contributed by atoms with E-state index in [0.29, 0.717) is 5.13 Å². The zero-order valence-corrected chi connectivity index (χ0v) is 8.37. The molecule has 1 heterocycles. The number of nitrogens with zero attached hydrogens (tertiary/aromatic N) is 1. The standard InChI is InChI=1S/C8H12F2N2S/c1-5(3-7(9)10)11-8-12-6(2)4-13-8/h4-5,7H,3H2,1-2H3,(H,11,12). The highest BCUT2D eigenvalue weighted by Crippen LogP contribution is 2.17. The Kier molecular flexibility index (Phi) is 3.59. The first-order valence-electron chi connectivity index (χ1n) is 4.04. The number of aromatic nitrogens is 1. The summed E-state index contributed by atoms with van der Waals surface area (Å²) in [5.41, 5.74) is 0.914. The lowest BCUT2D eigenvalue weighted by molar-refractivity contribution is 0.133. The van der Waals surface area contributed by atoms with E-state index in [0.717, 1.165) is 5.69 Å². The fourth-order valence-electron chi connectivity index (χ4n) is 0.957. The van der Waals surface area contributed by atoms with E-state index in [2.05, 4.69) is 10.3 Å². The zero-order valence-electron chi connectivity index (χ0n) is 7.55.